The molecule has 0 aliphatic carbocycles. The van der Waals surface area contributed by atoms with Crippen molar-refractivity contribution in [3.05, 3.63) is 23.9 Å². The number of hydrogen-bond donors (Lipinski definition) is 1. The van der Waals surface area contributed by atoms with E-state index in [4.69, 9.17) is 0 Å². The maximum Gasteiger partial charge on any atom is 0.273 e. The first-order valence-electron chi connectivity index (χ1n) is 7.68. The molecule has 0 bridgehead atoms. The third-order valence-electron chi connectivity index (χ3n) is 4.03. The maximum absolute atomic E-state index is 12.3. The summed E-state index contributed by atoms with van der Waals surface area (Å²) < 4.78 is 23.2. The van der Waals surface area contributed by atoms with Crippen LogP contribution in [0.2, 0.25) is 0 Å². The second-order valence-corrected chi connectivity index (χ2v) is 8.24. The van der Waals surface area contributed by atoms with Crippen molar-refractivity contribution in [2.45, 2.75) is 32.2 Å². The lowest BCUT2D eigenvalue weighted by Gasteiger charge is -2.27. The molecular weight excluding hydrogens is 332 g/mol. The molecule has 1 atom stereocenters. The monoisotopic (exact) mass is 350 g/mol. The Balaban J connectivity index is 1.76. The molecule has 0 saturated carbocycles. The molecule has 1 N–H and O–H groups in total. The first-order valence-corrected chi connectivity index (χ1v) is 9.50. The van der Waals surface area contributed by atoms with Crippen LogP contribution in [0.15, 0.2) is 23.4 Å². The van der Waals surface area contributed by atoms with Gasteiger partial charge in [0, 0.05) is 19.0 Å². The maximum atomic E-state index is 12.3. The zero-order valence-electron chi connectivity index (χ0n) is 13.2. The molecule has 2 aliphatic heterocycles. The zero-order chi connectivity index (χ0) is 17.3. The molecule has 0 radical (unpaired) electrons. The minimum absolute atomic E-state index is 0.0473. The molecule has 1 fully saturated rings. The molecule has 1 unspecified atom stereocenters. The van der Waals surface area contributed by atoms with Crippen LogP contribution >= 0.6 is 0 Å². The lowest BCUT2D eigenvalue weighted by atomic mass is 10.1. The number of anilines is 1. The van der Waals surface area contributed by atoms with Crippen molar-refractivity contribution in [3.8, 4) is 0 Å². The van der Waals surface area contributed by atoms with E-state index in [0.717, 1.165) is 5.56 Å². The van der Waals surface area contributed by atoms with E-state index in [1.54, 1.807) is 12.3 Å². The second kappa shape index (κ2) is 6.31. The first-order chi connectivity index (χ1) is 11.3. The van der Waals surface area contributed by atoms with Gasteiger partial charge >= 0.3 is 0 Å². The van der Waals surface area contributed by atoms with Crippen LogP contribution < -0.4 is 5.32 Å². The molecule has 2 amide bonds. The molecule has 24 heavy (non-hydrogen) atoms. The number of aryl methyl sites for hydroxylation is 1. The van der Waals surface area contributed by atoms with Gasteiger partial charge in [-0.3, -0.25) is 9.59 Å². The predicted octanol–water partition coefficient (Wildman–Crippen LogP) is 0.494. The van der Waals surface area contributed by atoms with Gasteiger partial charge in [0.05, 0.1) is 17.5 Å². The van der Waals surface area contributed by atoms with Gasteiger partial charge < -0.3 is 5.32 Å². The molecule has 1 aromatic heterocycles. The van der Waals surface area contributed by atoms with E-state index < -0.39 is 21.8 Å². The van der Waals surface area contributed by atoms with E-state index in [1.165, 1.54) is 5.01 Å². The molecule has 0 aromatic carbocycles. The highest BCUT2D eigenvalue weighted by Crippen LogP contribution is 2.22. The summed E-state index contributed by atoms with van der Waals surface area (Å²) >= 11 is 0. The Morgan fingerprint density at radius 1 is 1.38 bits per heavy atom. The highest BCUT2D eigenvalue weighted by molar-refractivity contribution is 7.91. The summed E-state index contributed by atoms with van der Waals surface area (Å²) in [5, 5.41) is 7.96. The minimum atomic E-state index is -3.13. The van der Waals surface area contributed by atoms with Crippen molar-refractivity contribution >= 4 is 33.2 Å². The van der Waals surface area contributed by atoms with Crippen molar-refractivity contribution in [1.29, 1.82) is 0 Å². The number of nitrogens with zero attached hydrogens (tertiary/aromatic N) is 3. The van der Waals surface area contributed by atoms with Gasteiger partial charge in [-0.25, -0.2) is 18.4 Å². The standard InChI is InChI=1S/C15H18N4O4S/c1-10-4-6-16-13(8-10)17-15(21)12-2-3-14(20)19(18-12)11-5-7-24(22,23)9-11/h4,6,8,11H,2-3,5,7,9H2,1H3,(H,16,17,21). The van der Waals surface area contributed by atoms with Gasteiger partial charge in [0.15, 0.2) is 9.84 Å². The summed E-state index contributed by atoms with van der Waals surface area (Å²) in [5.74, 6) is -0.314. The average Bonchev–Trinajstić information content (AvgIpc) is 2.87. The van der Waals surface area contributed by atoms with Gasteiger partial charge in [-0.15, -0.1) is 0 Å². The van der Waals surface area contributed by atoms with Crippen molar-refractivity contribution in [2.24, 2.45) is 5.10 Å². The molecular formula is C15H18N4O4S. The molecule has 3 heterocycles. The Bertz CT molecular complexity index is 819. The van der Waals surface area contributed by atoms with Crippen LogP contribution in [0.5, 0.6) is 0 Å². The van der Waals surface area contributed by atoms with Gasteiger partial charge in [0.2, 0.25) is 5.91 Å². The highest BCUT2D eigenvalue weighted by atomic mass is 32.2. The van der Waals surface area contributed by atoms with Crippen molar-refractivity contribution < 1.29 is 18.0 Å². The largest absolute Gasteiger partial charge is 0.305 e. The van der Waals surface area contributed by atoms with E-state index in [2.05, 4.69) is 15.4 Å². The number of hydrogen-bond acceptors (Lipinski definition) is 6. The summed E-state index contributed by atoms with van der Waals surface area (Å²) in [6.45, 7) is 1.89. The quantitative estimate of drug-likeness (QED) is 0.853. The minimum Gasteiger partial charge on any atom is -0.305 e. The van der Waals surface area contributed by atoms with Gasteiger partial charge in [-0.05, 0) is 31.0 Å². The van der Waals surface area contributed by atoms with Crippen LogP contribution in [-0.2, 0) is 19.4 Å². The normalized spacial score (nSPS) is 23.0. The molecule has 2 aliphatic rings. The second-order valence-electron chi connectivity index (χ2n) is 6.01. The van der Waals surface area contributed by atoms with Gasteiger partial charge in [-0.2, -0.15) is 5.10 Å². The lowest BCUT2D eigenvalue weighted by molar-refractivity contribution is -0.133. The van der Waals surface area contributed by atoms with Crippen LogP contribution in [-0.4, -0.2) is 53.5 Å². The summed E-state index contributed by atoms with van der Waals surface area (Å²) in [4.78, 5) is 28.4. The lowest BCUT2D eigenvalue weighted by Crippen LogP contribution is -2.42. The van der Waals surface area contributed by atoms with Crippen LogP contribution in [0, 0.1) is 6.92 Å². The Morgan fingerprint density at radius 2 is 2.17 bits per heavy atom. The number of pyridine rings is 1. The fourth-order valence-corrected chi connectivity index (χ4v) is 4.47. The fourth-order valence-electron chi connectivity index (χ4n) is 2.78. The Hall–Kier alpha value is -2.29. The molecule has 1 saturated heterocycles. The number of carbonyl (C=O) groups excluding carboxylic acids is 2. The predicted molar refractivity (Wildman–Crippen MR) is 88.2 cm³/mol. The molecule has 0 spiro atoms. The van der Waals surface area contributed by atoms with Gasteiger partial charge in [-0.1, -0.05) is 0 Å². The summed E-state index contributed by atoms with van der Waals surface area (Å²) in [6.07, 6.45) is 2.31. The van der Waals surface area contributed by atoms with E-state index in [0.29, 0.717) is 12.2 Å². The molecule has 128 valence electrons. The molecule has 9 heteroatoms. The number of aromatic nitrogens is 1. The third kappa shape index (κ3) is 3.61. The van der Waals surface area contributed by atoms with Crippen molar-refractivity contribution in [2.75, 3.05) is 16.8 Å². The number of amides is 2. The summed E-state index contributed by atoms with van der Waals surface area (Å²) in [6, 6.07) is 3.06. The Morgan fingerprint density at radius 3 is 2.83 bits per heavy atom. The molecule has 8 nitrogen and oxygen atoms in total. The average molecular weight is 350 g/mol. The third-order valence-corrected chi connectivity index (χ3v) is 5.78. The topological polar surface area (TPSA) is 109 Å². The van der Waals surface area contributed by atoms with Crippen LogP contribution in [0.25, 0.3) is 0 Å². The van der Waals surface area contributed by atoms with Crippen LogP contribution in [0.1, 0.15) is 24.8 Å². The zero-order valence-corrected chi connectivity index (χ0v) is 14.0. The Kier molecular flexibility index (Phi) is 4.35. The molecule has 1 aromatic rings. The number of carbonyl (C=O) groups is 2. The number of nitrogens with one attached hydrogen (secondary N) is 1. The summed E-state index contributed by atoms with van der Waals surface area (Å²) in [5.41, 5.74) is 1.17. The van der Waals surface area contributed by atoms with E-state index in [-0.39, 0.29) is 36.0 Å². The Labute approximate surface area is 139 Å². The summed E-state index contributed by atoms with van der Waals surface area (Å²) in [7, 11) is -3.13. The number of hydrazone groups is 1. The number of sulfone groups is 1. The van der Waals surface area contributed by atoms with Gasteiger partial charge in [0.1, 0.15) is 11.5 Å². The van der Waals surface area contributed by atoms with Crippen molar-refractivity contribution in [3.63, 3.8) is 0 Å². The fraction of sp³-hybridized carbons (Fsp3) is 0.467. The highest BCUT2D eigenvalue weighted by Gasteiger charge is 2.37. The van der Waals surface area contributed by atoms with Crippen LogP contribution in [0.3, 0.4) is 0 Å². The van der Waals surface area contributed by atoms with E-state index >= 15 is 0 Å². The van der Waals surface area contributed by atoms with Gasteiger partial charge in [0.25, 0.3) is 5.91 Å². The SMILES string of the molecule is Cc1ccnc(NC(=O)C2=NN(C3CCS(=O)(=O)C3)C(=O)CC2)c1. The van der Waals surface area contributed by atoms with Crippen molar-refractivity contribution in [1.82, 2.24) is 9.99 Å². The van der Waals surface area contributed by atoms with Crippen LogP contribution in [0.4, 0.5) is 5.82 Å². The number of rotatable bonds is 3. The first kappa shape index (κ1) is 16.6. The molecule has 3 rings (SSSR count). The van der Waals surface area contributed by atoms with E-state index in [1.807, 2.05) is 13.0 Å². The van der Waals surface area contributed by atoms with E-state index in [9.17, 15) is 18.0 Å². The smallest absolute Gasteiger partial charge is 0.273 e.